The van der Waals surface area contributed by atoms with Gasteiger partial charge < -0.3 is 4.74 Å². The Balaban J connectivity index is 1.95. The number of rotatable bonds is 2. The summed E-state index contributed by atoms with van der Waals surface area (Å²) in [5.74, 6) is -0.592. The van der Waals surface area contributed by atoms with Crippen molar-refractivity contribution in [3.63, 3.8) is 0 Å². The number of aromatic nitrogens is 2. The van der Waals surface area contributed by atoms with Gasteiger partial charge in [-0.05, 0) is 39.5 Å². The maximum Gasteiger partial charge on any atom is 0.244 e. The van der Waals surface area contributed by atoms with E-state index in [0.29, 0.717) is 5.88 Å². The van der Waals surface area contributed by atoms with E-state index in [4.69, 9.17) is 10.1 Å². The second-order valence-corrected chi connectivity index (χ2v) is 8.43. The minimum atomic E-state index is -0.663. The Labute approximate surface area is 148 Å². The average molecular weight is 405 g/mol. The Hall–Kier alpha value is -1.95. The Kier molecular flexibility index (Phi) is 3.56. The van der Waals surface area contributed by atoms with Crippen molar-refractivity contribution < 1.29 is 4.74 Å². The first-order valence-corrected chi connectivity index (χ1v) is 9.21. The van der Waals surface area contributed by atoms with Crippen molar-refractivity contribution >= 4 is 44.5 Å². The Morgan fingerprint density at radius 3 is 2.91 bits per heavy atom. The third kappa shape index (κ3) is 2.32. The molecule has 0 amide bonds. The fraction of sp³-hybridized carbons (Fsp3) is 0.133. The van der Waals surface area contributed by atoms with Crippen LogP contribution < -0.4 is 4.74 Å². The topological polar surface area (TPSA) is 85.6 Å². The zero-order valence-electron chi connectivity index (χ0n) is 11.5. The van der Waals surface area contributed by atoms with E-state index in [1.54, 1.807) is 22.7 Å². The summed E-state index contributed by atoms with van der Waals surface area (Å²) >= 11 is 6.63. The van der Waals surface area contributed by atoms with Crippen molar-refractivity contribution in [3.05, 3.63) is 43.9 Å². The molecule has 3 aromatic heterocycles. The van der Waals surface area contributed by atoms with Gasteiger partial charge in [0.25, 0.3) is 0 Å². The summed E-state index contributed by atoms with van der Waals surface area (Å²) in [6.07, 6.45) is 0. The van der Waals surface area contributed by atoms with E-state index in [2.05, 4.69) is 32.2 Å². The van der Waals surface area contributed by atoms with Crippen LogP contribution in [0.1, 0.15) is 16.4 Å². The van der Waals surface area contributed by atoms with Gasteiger partial charge in [0.15, 0.2) is 0 Å². The number of hydrogen-bond donors (Lipinski definition) is 2. The molecule has 114 valence electrons. The highest BCUT2D eigenvalue weighted by Crippen LogP contribution is 2.48. The summed E-state index contributed by atoms with van der Waals surface area (Å²) in [6.45, 7) is 0. The summed E-state index contributed by atoms with van der Waals surface area (Å²) in [5.41, 5.74) is 1.71. The molecule has 8 heteroatoms. The molecule has 4 rings (SSSR count). The van der Waals surface area contributed by atoms with Gasteiger partial charge in [-0.2, -0.15) is 5.26 Å². The molecule has 0 spiro atoms. The van der Waals surface area contributed by atoms with Crippen molar-refractivity contribution in [1.29, 1.82) is 10.7 Å². The molecular weight excluding hydrogens is 396 g/mol. The van der Waals surface area contributed by atoms with Crippen LogP contribution in [0.25, 0.3) is 10.6 Å². The predicted molar refractivity (Wildman–Crippen MR) is 93.2 cm³/mol. The van der Waals surface area contributed by atoms with Crippen LogP contribution in [-0.2, 0) is 0 Å². The Bertz CT molecular complexity index is 922. The largest absolute Gasteiger partial charge is 0.422 e. The van der Waals surface area contributed by atoms with Crippen molar-refractivity contribution in [2.24, 2.45) is 5.92 Å². The molecule has 0 aliphatic carbocycles. The number of thiophene rings is 2. The lowest BCUT2D eigenvalue weighted by atomic mass is 9.83. The summed E-state index contributed by atoms with van der Waals surface area (Å²) in [6, 6.07) is 10.1. The van der Waals surface area contributed by atoms with Crippen LogP contribution in [0.2, 0.25) is 0 Å². The third-order valence-electron chi connectivity index (χ3n) is 3.71. The highest BCUT2D eigenvalue weighted by molar-refractivity contribution is 9.11. The number of fused-ring (bicyclic) bond motifs is 1. The highest BCUT2D eigenvalue weighted by Gasteiger charge is 2.41. The minimum absolute atomic E-state index is 0.0567. The van der Waals surface area contributed by atoms with Crippen LogP contribution in [0.5, 0.6) is 5.88 Å². The first-order chi connectivity index (χ1) is 11.2. The molecule has 1 aliphatic heterocycles. The first-order valence-electron chi connectivity index (χ1n) is 6.72. The lowest BCUT2D eigenvalue weighted by molar-refractivity contribution is 0.439. The molecule has 5 nitrogen and oxygen atoms in total. The summed E-state index contributed by atoms with van der Waals surface area (Å²) in [4.78, 5) is 2.05. The van der Waals surface area contributed by atoms with Crippen LogP contribution in [0.4, 0.5) is 0 Å². The van der Waals surface area contributed by atoms with E-state index in [1.807, 2.05) is 29.6 Å². The monoisotopic (exact) mass is 404 g/mol. The maximum atomic E-state index is 9.58. The number of nitrogens with zero attached hydrogens (tertiary/aromatic N) is 2. The lowest BCUT2D eigenvalue weighted by Gasteiger charge is -2.26. The molecule has 2 atom stereocenters. The highest BCUT2D eigenvalue weighted by atomic mass is 79.9. The summed E-state index contributed by atoms with van der Waals surface area (Å²) in [7, 11) is 0. The first kappa shape index (κ1) is 14.6. The van der Waals surface area contributed by atoms with Gasteiger partial charge in [-0.3, -0.25) is 10.5 Å². The quantitative estimate of drug-likeness (QED) is 0.653. The zero-order valence-corrected chi connectivity index (χ0v) is 14.8. The zero-order chi connectivity index (χ0) is 16.0. The van der Waals surface area contributed by atoms with Gasteiger partial charge in [0.1, 0.15) is 5.92 Å². The molecule has 2 N–H and O–H groups in total. The van der Waals surface area contributed by atoms with E-state index in [9.17, 15) is 5.26 Å². The Morgan fingerprint density at radius 1 is 1.39 bits per heavy atom. The molecule has 1 aliphatic rings. The van der Waals surface area contributed by atoms with Crippen LogP contribution >= 0.6 is 38.6 Å². The summed E-state index contributed by atoms with van der Waals surface area (Å²) < 4.78 is 6.48. The van der Waals surface area contributed by atoms with Crippen LogP contribution in [0.15, 0.2) is 33.4 Å². The van der Waals surface area contributed by atoms with E-state index in [-0.39, 0.29) is 11.8 Å². The normalized spacial score (nSPS) is 19.9. The van der Waals surface area contributed by atoms with E-state index >= 15 is 0 Å². The molecule has 2 unspecified atom stereocenters. The summed E-state index contributed by atoms with van der Waals surface area (Å²) in [5, 5.41) is 26.8. The van der Waals surface area contributed by atoms with Gasteiger partial charge >= 0.3 is 0 Å². The second kappa shape index (κ2) is 5.60. The number of hydrogen-bond acceptors (Lipinski definition) is 6. The number of nitrogens with one attached hydrogen (secondary N) is 2. The maximum absolute atomic E-state index is 9.58. The standard InChI is InChI=1S/C15H9BrN4OS2/c16-10-4-3-8(23-10)11-7(6-17)14(18)21-15-12(11)13(19-20-15)9-2-1-5-22-9/h1-5,7,11,18H,(H,19,20). The molecule has 0 saturated heterocycles. The van der Waals surface area contributed by atoms with E-state index in [0.717, 1.165) is 24.8 Å². The molecule has 0 saturated carbocycles. The van der Waals surface area contributed by atoms with Gasteiger partial charge in [-0.1, -0.05) is 6.07 Å². The molecule has 0 bridgehead atoms. The fourth-order valence-electron chi connectivity index (χ4n) is 2.73. The number of nitriles is 1. The molecule has 0 fully saturated rings. The van der Waals surface area contributed by atoms with Crippen LogP contribution in [0.3, 0.4) is 0 Å². The van der Waals surface area contributed by atoms with Gasteiger partial charge in [-0.15, -0.1) is 27.8 Å². The number of H-pyrrole nitrogens is 1. The molecule has 23 heavy (non-hydrogen) atoms. The number of aromatic amines is 1. The minimum Gasteiger partial charge on any atom is -0.422 e. The fourth-order valence-corrected chi connectivity index (χ4v) is 5.04. The van der Waals surface area contributed by atoms with Crippen LogP contribution in [-0.4, -0.2) is 16.1 Å². The number of halogens is 1. The Morgan fingerprint density at radius 2 is 2.26 bits per heavy atom. The van der Waals surface area contributed by atoms with Gasteiger partial charge in [0.2, 0.25) is 11.8 Å². The van der Waals surface area contributed by atoms with Gasteiger partial charge in [0.05, 0.1) is 31.9 Å². The van der Waals surface area contributed by atoms with Crippen molar-refractivity contribution in [2.75, 3.05) is 0 Å². The van der Waals surface area contributed by atoms with Crippen molar-refractivity contribution in [1.82, 2.24) is 10.2 Å². The molecule has 0 aromatic carbocycles. The smallest absolute Gasteiger partial charge is 0.244 e. The number of ether oxygens (including phenoxy) is 1. The van der Waals surface area contributed by atoms with Gasteiger partial charge in [-0.25, -0.2) is 0 Å². The van der Waals surface area contributed by atoms with Gasteiger partial charge in [0, 0.05) is 4.88 Å². The SMILES string of the molecule is N#CC1C(=N)Oc2n[nH]c(-c3cccs3)c2C1c1ccc(Br)s1. The molecule has 3 aromatic rings. The van der Waals surface area contributed by atoms with Crippen molar-refractivity contribution in [2.45, 2.75) is 5.92 Å². The van der Waals surface area contributed by atoms with Crippen LogP contribution in [0, 0.1) is 22.7 Å². The predicted octanol–water partition coefficient (Wildman–Crippen LogP) is 4.60. The second-order valence-electron chi connectivity index (χ2n) is 4.99. The van der Waals surface area contributed by atoms with E-state index in [1.165, 1.54) is 0 Å². The lowest BCUT2D eigenvalue weighted by Crippen LogP contribution is -2.30. The molecular formula is C15H9BrN4OS2. The third-order valence-corrected chi connectivity index (χ3v) is 6.30. The molecule has 0 radical (unpaired) electrons. The van der Waals surface area contributed by atoms with E-state index < -0.39 is 5.92 Å². The average Bonchev–Trinajstić information content (AvgIpc) is 3.25. The molecule has 4 heterocycles. The van der Waals surface area contributed by atoms with Crippen molar-refractivity contribution in [3.8, 4) is 22.5 Å².